The summed E-state index contributed by atoms with van der Waals surface area (Å²) in [5.74, 6) is 2.28. The predicted octanol–water partition coefficient (Wildman–Crippen LogP) is 3.09. The Morgan fingerprint density at radius 3 is 2.67 bits per heavy atom. The minimum absolute atomic E-state index is 0.374. The smallest absolute Gasteiger partial charge is 0.0130 e. The highest BCUT2D eigenvalue weighted by molar-refractivity contribution is 7.99. The lowest BCUT2D eigenvalue weighted by atomic mass is 10.1. The van der Waals surface area contributed by atoms with E-state index in [9.17, 15) is 0 Å². The zero-order valence-electron chi connectivity index (χ0n) is 9.49. The van der Waals surface area contributed by atoms with E-state index in [0.717, 1.165) is 18.6 Å². The van der Waals surface area contributed by atoms with E-state index >= 15 is 0 Å². The lowest BCUT2D eigenvalue weighted by Gasteiger charge is -2.10. The molecule has 0 amide bonds. The molecule has 1 aromatic carbocycles. The van der Waals surface area contributed by atoms with Gasteiger partial charge in [-0.05, 0) is 30.6 Å². The average molecular weight is 223 g/mol. The normalized spacial score (nSPS) is 12.7. The van der Waals surface area contributed by atoms with Crippen LogP contribution in [0.4, 0.5) is 0 Å². The predicted molar refractivity (Wildman–Crippen MR) is 70.4 cm³/mol. The second-order valence-electron chi connectivity index (χ2n) is 3.80. The Kier molecular flexibility index (Phi) is 6.53. The maximum atomic E-state index is 6.00. The summed E-state index contributed by atoms with van der Waals surface area (Å²) in [6.07, 6.45) is 3.50. The number of hydrogen-bond acceptors (Lipinski definition) is 2. The summed E-state index contributed by atoms with van der Waals surface area (Å²) in [5, 5.41) is 0. The molecule has 1 atom stereocenters. The largest absolute Gasteiger partial charge is 0.327 e. The molecule has 2 N–H and O–H groups in total. The summed E-state index contributed by atoms with van der Waals surface area (Å²) in [6.45, 7) is 2.18. The van der Waals surface area contributed by atoms with Gasteiger partial charge < -0.3 is 5.73 Å². The van der Waals surface area contributed by atoms with Crippen LogP contribution in [-0.2, 0) is 6.42 Å². The Bertz CT molecular complexity index is 248. The maximum Gasteiger partial charge on any atom is 0.0130 e. The Morgan fingerprint density at radius 2 is 2.00 bits per heavy atom. The van der Waals surface area contributed by atoms with E-state index in [-0.39, 0.29) is 0 Å². The molecule has 0 bridgehead atoms. The number of nitrogens with two attached hydrogens (primary N) is 1. The van der Waals surface area contributed by atoms with Gasteiger partial charge >= 0.3 is 0 Å². The molecule has 0 radical (unpaired) electrons. The van der Waals surface area contributed by atoms with Crippen LogP contribution < -0.4 is 5.73 Å². The minimum Gasteiger partial charge on any atom is -0.327 e. The van der Waals surface area contributed by atoms with Gasteiger partial charge in [-0.15, -0.1) is 0 Å². The van der Waals surface area contributed by atoms with Gasteiger partial charge in [-0.2, -0.15) is 11.8 Å². The number of hydrogen-bond donors (Lipinski definition) is 1. The van der Waals surface area contributed by atoms with E-state index in [1.807, 2.05) is 11.8 Å². The second-order valence-corrected chi connectivity index (χ2v) is 5.12. The average Bonchev–Trinajstić information content (AvgIpc) is 2.28. The van der Waals surface area contributed by atoms with Gasteiger partial charge in [0.05, 0.1) is 0 Å². The van der Waals surface area contributed by atoms with Crippen molar-refractivity contribution in [1.82, 2.24) is 0 Å². The molecule has 0 aromatic heterocycles. The van der Waals surface area contributed by atoms with Crippen LogP contribution in [0, 0.1) is 0 Å². The van der Waals surface area contributed by atoms with Crippen LogP contribution in [-0.4, -0.2) is 17.5 Å². The lowest BCUT2D eigenvalue weighted by molar-refractivity contribution is 0.631. The number of rotatable bonds is 7. The van der Waals surface area contributed by atoms with Crippen LogP contribution in [0.5, 0.6) is 0 Å². The van der Waals surface area contributed by atoms with Gasteiger partial charge in [0.25, 0.3) is 0 Å². The molecule has 2 heteroatoms. The lowest BCUT2D eigenvalue weighted by Crippen LogP contribution is -2.22. The van der Waals surface area contributed by atoms with Gasteiger partial charge in [0.2, 0.25) is 0 Å². The summed E-state index contributed by atoms with van der Waals surface area (Å²) in [4.78, 5) is 0. The van der Waals surface area contributed by atoms with Crippen molar-refractivity contribution < 1.29 is 0 Å². The van der Waals surface area contributed by atoms with Crippen molar-refractivity contribution in [1.29, 1.82) is 0 Å². The van der Waals surface area contributed by atoms with Gasteiger partial charge in [-0.25, -0.2) is 0 Å². The molecular formula is C13H21NS. The summed E-state index contributed by atoms with van der Waals surface area (Å²) < 4.78 is 0. The molecule has 0 aliphatic carbocycles. The van der Waals surface area contributed by atoms with Gasteiger partial charge in [0.1, 0.15) is 0 Å². The Labute approximate surface area is 97.4 Å². The molecule has 84 valence electrons. The van der Waals surface area contributed by atoms with Gasteiger partial charge in [0.15, 0.2) is 0 Å². The molecule has 1 aromatic rings. The third-order valence-electron chi connectivity index (χ3n) is 2.42. The van der Waals surface area contributed by atoms with E-state index in [1.54, 1.807) is 0 Å². The molecule has 1 nitrogen and oxygen atoms in total. The standard InChI is InChI=1S/C13H21NS/c1-2-15-11-13(14)10-6-9-12-7-4-3-5-8-12/h3-5,7-8,13H,2,6,9-11,14H2,1H3. The number of benzene rings is 1. The van der Waals surface area contributed by atoms with Crippen LogP contribution >= 0.6 is 11.8 Å². The van der Waals surface area contributed by atoms with Gasteiger partial charge in [-0.1, -0.05) is 37.3 Å². The van der Waals surface area contributed by atoms with Crippen LogP contribution in [0.3, 0.4) is 0 Å². The molecule has 0 heterocycles. The quantitative estimate of drug-likeness (QED) is 0.768. The fraction of sp³-hybridized carbons (Fsp3) is 0.538. The van der Waals surface area contributed by atoms with Crippen molar-refractivity contribution in [3.8, 4) is 0 Å². The Morgan fingerprint density at radius 1 is 1.27 bits per heavy atom. The zero-order chi connectivity index (χ0) is 10.9. The van der Waals surface area contributed by atoms with Crippen molar-refractivity contribution in [3.63, 3.8) is 0 Å². The molecule has 1 unspecified atom stereocenters. The number of thioether (sulfide) groups is 1. The van der Waals surface area contributed by atoms with Crippen molar-refractivity contribution in [2.45, 2.75) is 32.2 Å². The third-order valence-corrected chi connectivity index (χ3v) is 3.49. The van der Waals surface area contributed by atoms with Gasteiger partial charge in [-0.3, -0.25) is 0 Å². The van der Waals surface area contributed by atoms with E-state index in [2.05, 4.69) is 37.3 Å². The van der Waals surface area contributed by atoms with E-state index in [4.69, 9.17) is 5.73 Å². The molecule has 1 rings (SSSR count). The molecular weight excluding hydrogens is 202 g/mol. The van der Waals surface area contributed by atoms with Crippen LogP contribution in [0.2, 0.25) is 0 Å². The molecule has 0 aliphatic rings. The van der Waals surface area contributed by atoms with Crippen molar-refractivity contribution in [2.75, 3.05) is 11.5 Å². The first-order chi connectivity index (χ1) is 7.33. The molecule has 0 aliphatic heterocycles. The van der Waals surface area contributed by atoms with Crippen LogP contribution in [0.15, 0.2) is 30.3 Å². The maximum absolute atomic E-state index is 6.00. The van der Waals surface area contributed by atoms with E-state index in [0.29, 0.717) is 6.04 Å². The third kappa shape index (κ3) is 5.85. The van der Waals surface area contributed by atoms with Crippen LogP contribution in [0.25, 0.3) is 0 Å². The topological polar surface area (TPSA) is 26.0 Å². The molecule has 15 heavy (non-hydrogen) atoms. The monoisotopic (exact) mass is 223 g/mol. The highest BCUT2D eigenvalue weighted by Crippen LogP contribution is 2.08. The second kappa shape index (κ2) is 7.77. The minimum atomic E-state index is 0.374. The first kappa shape index (κ1) is 12.6. The van der Waals surface area contributed by atoms with E-state index in [1.165, 1.54) is 17.7 Å². The van der Waals surface area contributed by atoms with Crippen LogP contribution in [0.1, 0.15) is 25.3 Å². The van der Waals surface area contributed by atoms with Crippen molar-refractivity contribution >= 4 is 11.8 Å². The summed E-state index contributed by atoms with van der Waals surface area (Å²) >= 11 is 1.94. The fourth-order valence-electron chi connectivity index (χ4n) is 1.57. The zero-order valence-corrected chi connectivity index (χ0v) is 10.3. The van der Waals surface area contributed by atoms with Gasteiger partial charge in [0, 0.05) is 11.8 Å². The molecule has 0 spiro atoms. The highest BCUT2D eigenvalue weighted by atomic mass is 32.2. The summed E-state index contributed by atoms with van der Waals surface area (Å²) in [7, 11) is 0. The fourth-order valence-corrected chi connectivity index (χ4v) is 2.27. The SMILES string of the molecule is CCSCC(N)CCCc1ccccc1. The number of aryl methyl sites for hydroxylation is 1. The first-order valence-corrected chi connectivity index (χ1v) is 6.85. The Hall–Kier alpha value is -0.470. The molecule has 0 saturated carbocycles. The summed E-state index contributed by atoms with van der Waals surface area (Å²) in [6, 6.07) is 11.0. The van der Waals surface area contributed by atoms with Crippen molar-refractivity contribution in [3.05, 3.63) is 35.9 Å². The van der Waals surface area contributed by atoms with Crippen molar-refractivity contribution in [2.24, 2.45) is 5.73 Å². The first-order valence-electron chi connectivity index (χ1n) is 5.70. The van der Waals surface area contributed by atoms with E-state index < -0.39 is 0 Å². The highest BCUT2D eigenvalue weighted by Gasteiger charge is 2.01. The molecule has 0 fully saturated rings. The molecule has 0 saturated heterocycles. The Balaban J connectivity index is 2.11. The summed E-state index contributed by atoms with van der Waals surface area (Å²) in [5.41, 5.74) is 7.43.